The van der Waals surface area contributed by atoms with Crippen molar-refractivity contribution in [1.29, 1.82) is 0 Å². The van der Waals surface area contributed by atoms with Crippen LogP contribution in [0.5, 0.6) is 0 Å². The first-order chi connectivity index (χ1) is 14.9. The molecule has 160 valence electrons. The van der Waals surface area contributed by atoms with Gasteiger partial charge in [-0.15, -0.1) is 0 Å². The third kappa shape index (κ3) is 4.52. The van der Waals surface area contributed by atoms with E-state index >= 15 is 0 Å². The van der Waals surface area contributed by atoms with Crippen LogP contribution in [-0.4, -0.2) is 33.0 Å². The molecule has 3 aromatic rings. The second-order valence-corrected chi connectivity index (χ2v) is 7.92. The number of aliphatic hydroxyl groups is 1. The summed E-state index contributed by atoms with van der Waals surface area (Å²) in [7, 11) is 0. The summed E-state index contributed by atoms with van der Waals surface area (Å²) in [5.41, 5.74) is 7.64. The molecule has 1 fully saturated rings. The van der Waals surface area contributed by atoms with Crippen LogP contribution >= 0.6 is 0 Å². The van der Waals surface area contributed by atoms with E-state index in [2.05, 4.69) is 9.97 Å². The molecular weight excluding hydrogens is 400 g/mol. The predicted octanol–water partition coefficient (Wildman–Crippen LogP) is 3.80. The largest absolute Gasteiger partial charge is 0.392 e. The van der Waals surface area contributed by atoms with E-state index in [0.717, 1.165) is 23.6 Å². The third-order valence-corrected chi connectivity index (χ3v) is 5.85. The summed E-state index contributed by atoms with van der Waals surface area (Å²) < 4.78 is 28.4. The standard InChI is InChI=1S/C24H23F2N3O2/c25-18-4-2-1-3-17(18)24-19(26)6-7-21(29-24)23(31)12-15-13-28-10-9-16(15)14-5-8-22(30)20(27)11-14/h1-4,6-7,9-10,13-14,20,22,30H,5,8,11-12,27H2/t14-,20-,22+/m1/s1. The Morgan fingerprint density at radius 2 is 1.90 bits per heavy atom. The van der Waals surface area contributed by atoms with Gasteiger partial charge in [-0.3, -0.25) is 9.78 Å². The average Bonchev–Trinajstić information content (AvgIpc) is 2.77. The molecule has 0 amide bonds. The van der Waals surface area contributed by atoms with Crippen LogP contribution in [0, 0.1) is 11.6 Å². The van der Waals surface area contributed by atoms with Crippen molar-refractivity contribution in [2.24, 2.45) is 5.73 Å². The van der Waals surface area contributed by atoms with Gasteiger partial charge in [-0.05, 0) is 66.6 Å². The maximum absolute atomic E-state index is 14.3. The molecule has 2 aromatic heterocycles. The fourth-order valence-electron chi connectivity index (χ4n) is 4.16. The number of ketones is 1. The number of aliphatic hydroxyl groups excluding tert-OH is 1. The topological polar surface area (TPSA) is 89.1 Å². The molecular formula is C24H23F2N3O2. The van der Waals surface area contributed by atoms with Gasteiger partial charge in [0.05, 0.1) is 6.10 Å². The van der Waals surface area contributed by atoms with Crippen LogP contribution in [-0.2, 0) is 6.42 Å². The Kier molecular flexibility index (Phi) is 6.15. The number of halogens is 2. The summed E-state index contributed by atoms with van der Waals surface area (Å²) in [6, 6.07) is 9.75. The predicted molar refractivity (Wildman–Crippen MR) is 112 cm³/mol. The van der Waals surface area contributed by atoms with Crippen LogP contribution in [0.15, 0.2) is 54.9 Å². The van der Waals surface area contributed by atoms with Crippen LogP contribution in [0.25, 0.3) is 11.3 Å². The quantitative estimate of drug-likeness (QED) is 0.610. The summed E-state index contributed by atoms with van der Waals surface area (Å²) in [4.78, 5) is 21.2. The van der Waals surface area contributed by atoms with Crippen LogP contribution in [0.4, 0.5) is 8.78 Å². The van der Waals surface area contributed by atoms with E-state index in [0.29, 0.717) is 12.8 Å². The van der Waals surface area contributed by atoms with Gasteiger partial charge < -0.3 is 10.8 Å². The number of hydrogen-bond acceptors (Lipinski definition) is 5. The molecule has 0 aliphatic heterocycles. The lowest BCUT2D eigenvalue weighted by Crippen LogP contribution is -2.39. The van der Waals surface area contributed by atoms with Crippen molar-refractivity contribution in [3.63, 3.8) is 0 Å². The summed E-state index contributed by atoms with van der Waals surface area (Å²) in [6.45, 7) is 0. The molecule has 4 rings (SSSR count). The second kappa shape index (κ2) is 8.99. The van der Waals surface area contributed by atoms with Gasteiger partial charge in [-0.1, -0.05) is 12.1 Å². The molecule has 1 aliphatic rings. The Labute approximate surface area is 179 Å². The zero-order valence-electron chi connectivity index (χ0n) is 16.8. The lowest BCUT2D eigenvalue weighted by molar-refractivity contribution is 0.0977. The normalized spacial score (nSPS) is 21.1. The van der Waals surface area contributed by atoms with E-state index in [9.17, 15) is 18.7 Å². The fraction of sp³-hybridized carbons (Fsp3) is 0.292. The Bertz CT molecular complexity index is 1110. The second-order valence-electron chi connectivity index (χ2n) is 7.92. The molecule has 0 saturated heterocycles. The molecule has 0 unspecified atom stereocenters. The SMILES string of the molecule is N[C@@H]1C[C@H](c2ccncc2CC(=O)c2ccc(F)c(-c3ccccc3F)n2)CC[C@@H]1O. The van der Waals surface area contributed by atoms with Crippen molar-refractivity contribution >= 4 is 5.78 Å². The summed E-state index contributed by atoms with van der Waals surface area (Å²) in [5.74, 6) is -1.49. The molecule has 3 atom stereocenters. The number of benzene rings is 1. The van der Waals surface area contributed by atoms with Crippen molar-refractivity contribution in [3.8, 4) is 11.3 Å². The van der Waals surface area contributed by atoms with Gasteiger partial charge in [0.2, 0.25) is 0 Å². The monoisotopic (exact) mass is 423 g/mol. The maximum atomic E-state index is 14.3. The number of nitrogens with zero attached hydrogens (tertiary/aromatic N) is 2. The van der Waals surface area contributed by atoms with Gasteiger partial charge in [0.25, 0.3) is 0 Å². The molecule has 1 saturated carbocycles. The minimum Gasteiger partial charge on any atom is -0.392 e. The van der Waals surface area contributed by atoms with E-state index in [1.54, 1.807) is 18.5 Å². The van der Waals surface area contributed by atoms with Gasteiger partial charge >= 0.3 is 0 Å². The highest BCUT2D eigenvalue weighted by atomic mass is 19.1. The minimum absolute atomic E-state index is 0.00599. The van der Waals surface area contributed by atoms with Gasteiger partial charge in [0.15, 0.2) is 5.78 Å². The highest BCUT2D eigenvalue weighted by molar-refractivity contribution is 5.96. The molecule has 0 spiro atoms. The molecule has 5 nitrogen and oxygen atoms in total. The molecule has 31 heavy (non-hydrogen) atoms. The summed E-state index contributed by atoms with van der Waals surface area (Å²) in [6.07, 6.45) is 4.84. The van der Waals surface area contributed by atoms with Crippen molar-refractivity contribution in [3.05, 3.63) is 83.3 Å². The van der Waals surface area contributed by atoms with Crippen molar-refractivity contribution in [2.45, 2.75) is 43.7 Å². The Hall–Kier alpha value is -3.03. The minimum atomic E-state index is -0.696. The van der Waals surface area contributed by atoms with Crippen LogP contribution in [0.3, 0.4) is 0 Å². The van der Waals surface area contributed by atoms with Crippen LogP contribution in [0.1, 0.15) is 46.8 Å². The van der Waals surface area contributed by atoms with E-state index < -0.39 is 17.7 Å². The molecule has 1 aromatic carbocycles. The molecule has 3 N–H and O–H groups in total. The smallest absolute Gasteiger partial charge is 0.185 e. The number of rotatable bonds is 5. The molecule has 7 heteroatoms. The molecule has 1 aliphatic carbocycles. The number of aromatic nitrogens is 2. The number of carbonyl (C=O) groups is 1. The zero-order valence-corrected chi connectivity index (χ0v) is 16.8. The van der Waals surface area contributed by atoms with Crippen molar-refractivity contribution < 1.29 is 18.7 Å². The lowest BCUT2D eigenvalue weighted by atomic mass is 9.78. The summed E-state index contributed by atoms with van der Waals surface area (Å²) >= 11 is 0. The van der Waals surface area contributed by atoms with Crippen molar-refractivity contribution in [2.75, 3.05) is 0 Å². The lowest BCUT2D eigenvalue weighted by Gasteiger charge is -2.32. The third-order valence-electron chi connectivity index (χ3n) is 5.85. The number of nitrogens with two attached hydrogens (primary N) is 1. The Morgan fingerprint density at radius 3 is 2.68 bits per heavy atom. The Balaban J connectivity index is 1.60. The number of Topliss-reactive ketones (excluding diaryl/α,β-unsaturated/α-hetero) is 1. The van der Waals surface area contributed by atoms with Gasteiger partial charge in [-0.25, -0.2) is 13.8 Å². The average molecular weight is 423 g/mol. The summed E-state index contributed by atoms with van der Waals surface area (Å²) in [5, 5.41) is 9.91. The van der Waals surface area contributed by atoms with E-state index in [-0.39, 0.29) is 41.1 Å². The Morgan fingerprint density at radius 1 is 1.10 bits per heavy atom. The number of hydrogen-bond donors (Lipinski definition) is 2. The first-order valence-electron chi connectivity index (χ1n) is 10.2. The number of carbonyl (C=O) groups excluding carboxylic acids is 1. The van der Waals surface area contributed by atoms with Crippen molar-refractivity contribution in [1.82, 2.24) is 9.97 Å². The zero-order chi connectivity index (χ0) is 22.0. The first kappa shape index (κ1) is 21.2. The van der Waals surface area contributed by atoms with E-state index in [4.69, 9.17) is 5.73 Å². The first-order valence-corrected chi connectivity index (χ1v) is 10.2. The molecule has 2 heterocycles. The number of pyridine rings is 2. The van der Waals surface area contributed by atoms with E-state index in [1.807, 2.05) is 6.07 Å². The highest BCUT2D eigenvalue weighted by Gasteiger charge is 2.29. The molecule has 0 bridgehead atoms. The van der Waals surface area contributed by atoms with E-state index in [1.165, 1.54) is 24.3 Å². The molecule has 0 radical (unpaired) electrons. The fourth-order valence-corrected chi connectivity index (χ4v) is 4.16. The van der Waals surface area contributed by atoms with Crippen LogP contribution < -0.4 is 5.73 Å². The highest BCUT2D eigenvalue weighted by Crippen LogP contribution is 2.34. The van der Waals surface area contributed by atoms with Crippen LogP contribution in [0.2, 0.25) is 0 Å². The van der Waals surface area contributed by atoms with Gasteiger partial charge in [-0.2, -0.15) is 0 Å². The maximum Gasteiger partial charge on any atom is 0.185 e. The van der Waals surface area contributed by atoms with Gasteiger partial charge in [0.1, 0.15) is 23.0 Å². The van der Waals surface area contributed by atoms with Gasteiger partial charge in [0, 0.05) is 30.4 Å².